The zero-order valence-corrected chi connectivity index (χ0v) is 11.6. The fourth-order valence-corrected chi connectivity index (χ4v) is 2.32. The van der Waals surface area contributed by atoms with Crippen LogP contribution in [0.5, 0.6) is 0 Å². The SMILES string of the molecule is COC(=O)/C=C/c1ccoc1-c1cccc2ccccc12. The number of ether oxygens (including phenoxy) is 1. The molecular weight excluding hydrogens is 264 g/mol. The number of fused-ring (bicyclic) bond motifs is 1. The van der Waals surface area contributed by atoms with Crippen molar-refractivity contribution in [2.75, 3.05) is 7.11 Å². The summed E-state index contributed by atoms with van der Waals surface area (Å²) in [5, 5.41) is 2.26. The summed E-state index contributed by atoms with van der Waals surface area (Å²) in [5.74, 6) is 0.354. The van der Waals surface area contributed by atoms with E-state index < -0.39 is 0 Å². The van der Waals surface area contributed by atoms with Crippen LogP contribution in [0.15, 0.2) is 65.3 Å². The average molecular weight is 278 g/mol. The van der Waals surface area contributed by atoms with Crippen molar-refractivity contribution in [1.29, 1.82) is 0 Å². The van der Waals surface area contributed by atoms with Gasteiger partial charge in [0, 0.05) is 17.2 Å². The third-order valence-electron chi connectivity index (χ3n) is 3.33. The van der Waals surface area contributed by atoms with Crippen LogP contribution in [-0.2, 0) is 9.53 Å². The molecule has 1 heterocycles. The van der Waals surface area contributed by atoms with Crippen LogP contribution in [-0.4, -0.2) is 13.1 Å². The summed E-state index contributed by atoms with van der Waals surface area (Å²) in [7, 11) is 1.35. The fraction of sp³-hybridized carbons (Fsp3) is 0.0556. The van der Waals surface area contributed by atoms with E-state index in [0.29, 0.717) is 0 Å². The molecule has 0 saturated heterocycles. The van der Waals surface area contributed by atoms with Crippen molar-refractivity contribution in [2.24, 2.45) is 0 Å². The molecular formula is C18H14O3. The van der Waals surface area contributed by atoms with Crippen LogP contribution in [0.4, 0.5) is 0 Å². The van der Waals surface area contributed by atoms with E-state index in [1.165, 1.54) is 13.2 Å². The molecule has 0 saturated carbocycles. The highest BCUT2D eigenvalue weighted by Crippen LogP contribution is 2.32. The molecule has 2 aromatic carbocycles. The van der Waals surface area contributed by atoms with Crippen molar-refractivity contribution in [1.82, 2.24) is 0 Å². The Morgan fingerprint density at radius 1 is 1.10 bits per heavy atom. The average Bonchev–Trinajstić information content (AvgIpc) is 3.00. The van der Waals surface area contributed by atoms with E-state index in [2.05, 4.69) is 22.9 Å². The number of furan rings is 1. The molecule has 0 radical (unpaired) electrons. The van der Waals surface area contributed by atoms with Gasteiger partial charge in [0.25, 0.3) is 0 Å². The number of carbonyl (C=O) groups is 1. The van der Waals surface area contributed by atoms with Gasteiger partial charge in [-0.1, -0.05) is 42.5 Å². The molecule has 3 nitrogen and oxygen atoms in total. The van der Waals surface area contributed by atoms with Crippen LogP contribution in [0.25, 0.3) is 28.2 Å². The van der Waals surface area contributed by atoms with Crippen LogP contribution >= 0.6 is 0 Å². The molecule has 3 heteroatoms. The number of methoxy groups -OCH3 is 1. The van der Waals surface area contributed by atoms with Crippen LogP contribution in [0, 0.1) is 0 Å². The summed E-state index contributed by atoms with van der Waals surface area (Å²) in [6, 6.07) is 16.0. The largest absolute Gasteiger partial charge is 0.466 e. The Balaban J connectivity index is 2.10. The van der Waals surface area contributed by atoms with E-state index in [-0.39, 0.29) is 5.97 Å². The molecule has 0 spiro atoms. The first-order valence-corrected chi connectivity index (χ1v) is 6.61. The Hall–Kier alpha value is -2.81. The van der Waals surface area contributed by atoms with Gasteiger partial charge in [0.2, 0.25) is 0 Å². The lowest BCUT2D eigenvalue weighted by Gasteiger charge is -2.05. The van der Waals surface area contributed by atoms with Crippen LogP contribution < -0.4 is 0 Å². The molecule has 0 aliphatic rings. The zero-order chi connectivity index (χ0) is 14.7. The first-order valence-electron chi connectivity index (χ1n) is 6.61. The third-order valence-corrected chi connectivity index (χ3v) is 3.33. The number of rotatable bonds is 3. The monoisotopic (exact) mass is 278 g/mol. The summed E-state index contributed by atoms with van der Waals surface area (Å²) < 4.78 is 10.2. The van der Waals surface area contributed by atoms with Gasteiger partial charge >= 0.3 is 5.97 Å². The predicted octanol–water partition coefficient (Wildman–Crippen LogP) is 4.29. The number of carbonyl (C=O) groups excluding carboxylic acids is 1. The molecule has 0 bridgehead atoms. The van der Waals surface area contributed by atoms with Crippen molar-refractivity contribution in [2.45, 2.75) is 0 Å². The molecule has 0 N–H and O–H groups in total. The van der Waals surface area contributed by atoms with E-state index in [1.807, 2.05) is 30.3 Å². The summed E-state index contributed by atoms with van der Waals surface area (Å²) in [6.07, 6.45) is 4.71. The van der Waals surface area contributed by atoms with Gasteiger partial charge in [-0.05, 0) is 22.9 Å². The number of hydrogen-bond acceptors (Lipinski definition) is 3. The summed E-state index contributed by atoms with van der Waals surface area (Å²) in [4.78, 5) is 11.2. The second-order valence-electron chi connectivity index (χ2n) is 4.59. The van der Waals surface area contributed by atoms with Crippen molar-refractivity contribution in [3.8, 4) is 11.3 Å². The Labute approximate surface area is 122 Å². The van der Waals surface area contributed by atoms with Crippen LogP contribution in [0.1, 0.15) is 5.56 Å². The Morgan fingerprint density at radius 3 is 2.76 bits per heavy atom. The molecule has 21 heavy (non-hydrogen) atoms. The van der Waals surface area contributed by atoms with Crippen molar-refractivity contribution in [3.63, 3.8) is 0 Å². The van der Waals surface area contributed by atoms with Gasteiger partial charge in [-0.25, -0.2) is 4.79 Å². The van der Waals surface area contributed by atoms with Gasteiger partial charge in [0.15, 0.2) is 0 Å². The lowest BCUT2D eigenvalue weighted by molar-refractivity contribution is -0.134. The molecule has 3 aromatic rings. The van der Waals surface area contributed by atoms with Crippen molar-refractivity contribution < 1.29 is 13.9 Å². The third kappa shape index (κ3) is 2.58. The number of hydrogen-bond donors (Lipinski definition) is 0. The van der Waals surface area contributed by atoms with Gasteiger partial charge in [-0.15, -0.1) is 0 Å². The maximum Gasteiger partial charge on any atom is 0.330 e. The minimum absolute atomic E-state index is 0.389. The molecule has 0 aliphatic heterocycles. The second-order valence-corrected chi connectivity index (χ2v) is 4.59. The van der Waals surface area contributed by atoms with Crippen molar-refractivity contribution in [3.05, 3.63) is 66.4 Å². The predicted molar refractivity (Wildman–Crippen MR) is 82.7 cm³/mol. The van der Waals surface area contributed by atoms with Gasteiger partial charge in [-0.2, -0.15) is 0 Å². The van der Waals surface area contributed by atoms with Crippen molar-refractivity contribution >= 4 is 22.8 Å². The normalized spacial score (nSPS) is 11.1. The van der Waals surface area contributed by atoms with Gasteiger partial charge in [0.05, 0.1) is 13.4 Å². The molecule has 0 amide bonds. The highest BCUT2D eigenvalue weighted by molar-refractivity contribution is 5.97. The van der Waals surface area contributed by atoms with Gasteiger partial charge < -0.3 is 9.15 Å². The molecule has 104 valence electrons. The Bertz CT molecular complexity index is 807. The first-order chi connectivity index (χ1) is 10.3. The van der Waals surface area contributed by atoms with E-state index >= 15 is 0 Å². The maximum absolute atomic E-state index is 11.2. The quantitative estimate of drug-likeness (QED) is 0.530. The zero-order valence-electron chi connectivity index (χ0n) is 11.6. The van der Waals surface area contributed by atoms with Gasteiger partial charge in [-0.3, -0.25) is 0 Å². The molecule has 0 fully saturated rings. The number of benzene rings is 2. The second kappa shape index (κ2) is 5.67. The smallest absolute Gasteiger partial charge is 0.330 e. The topological polar surface area (TPSA) is 39.4 Å². The van der Waals surface area contributed by atoms with Crippen LogP contribution in [0.2, 0.25) is 0 Å². The summed E-state index contributed by atoms with van der Waals surface area (Å²) in [5.41, 5.74) is 1.85. The highest BCUT2D eigenvalue weighted by Gasteiger charge is 2.10. The number of esters is 1. The molecule has 1 aromatic heterocycles. The van der Waals surface area contributed by atoms with Gasteiger partial charge in [0.1, 0.15) is 5.76 Å². The van der Waals surface area contributed by atoms with E-state index in [1.54, 1.807) is 12.3 Å². The van der Waals surface area contributed by atoms with E-state index in [9.17, 15) is 4.79 Å². The maximum atomic E-state index is 11.2. The summed E-state index contributed by atoms with van der Waals surface area (Å²) >= 11 is 0. The molecule has 3 rings (SSSR count). The Kier molecular flexibility index (Phi) is 3.56. The van der Waals surface area contributed by atoms with E-state index in [4.69, 9.17) is 4.42 Å². The minimum Gasteiger partial charge on any atom is -0.466 e. The standard InChI is InChI=1S/C18H14O3/c1-20-17(19)10-9-14-11-12-21-18(14)16-8-4-6-13-5-2-3-7-15(13)16/h2-12H,1H3/b10-9+. The summed E-state index contributed by atoms with van der Waals surface area (Å²) in [6.45, 7) is 0. The molecule has 0 unspecified atom stereocenters. The molecule has 0 atom stereocenters. The van der Waals surface area contributed by atoms with Crippen LogP contribution in [0.3, 0.4) is 0 Å². The minimum atomic E-state index is -0.389. The highest BCUT2D eigenvalue weighted by atomic mass is 16.5. The lowest BCUT2D eigenvalue weighted by Crippen LogP contribution is -1.93. The first kappa shape index (κ1) is 13.2. The molecule has 0 aliphatic carbocycles. The van der Waals surface area contributed by atoms with E-state index in [0.717, 1.165) is 27.7 Å². The fourth-order valence-electron chi connectivity index (χ4n) is 2.32. The lowest BCUT2D eigenvalue weighted by atomic mass is 10.0. The Morgan fingerprint density at radius 2 is 1.90 bits per heavy atom.